The number of hydrogen-bond acceptors (Lipinski definition) is 4. The van der Waals surface area contributed by atoms with Crippen LogP contribution in [0.2, 0.25) is 0 Å². The van der Waals surface area contributed by atoms with Crippen LogP contribution in [0.3, 0.4) is 0 Å². The summed E-state index contributed by atoms with van der Waals surface area (Å²) < 4.78 is 0. The van der Waals surface area contributed by atoms with Gasteiger partial charge in [0.1, 0.15) is 0 Å². The van der Waals surface area contributed by atoms with Crippen LogP contribution in [0.1, 0.15) is 39.6 Å². The van der Waals surface area contributed by atoms with E-state index < -0.39 is 0 Å². The lowest BCUT2D eigenvalue weighted by Gasteiger charge is -2.38. The van der Waals surface area contributed by atoms with E-state index in [1.54, 1.807) is 29.2 Å². The minimum atomic E-state index is -0.217. The maximum absolute atomic E-state index is 13.9. The Morgan fingerprint density at radius 2 is 1.38 bits per heavy atom. The molecule has 0 saturated carbocycles. The second-order valence-electron chi connectivity index (χ2n) is 12.0. The lowest BCUT2D eigenvalue weighted by atomic mass is 9.98. The van der Waals surface area contributed by atoms with Crippen LogP contribution in [0, 0.1) is 6.92 Å². The van der Waals surface area contributed by atoms with Crippen LogP contribution in [-0.2, 0) is 0 Å². The zero-order valence-corrected chi connectivity index (χ0v) is 26.1. The van der Waals surface area contributed by atoms with Crippen molar-refractivity contribution in [1.29, 1.82) is 0 Å². The maximum Gasteiger partial charge on any atom is 0.324 e. The number of hydrogen-bond donors (Lipinski definition) is 1. The molecule has 2 aliphatic rings. The second kappa shape index (κ2) is 13.0. The van der Waals surface area contributed by atoms with E-state index in [4.69, 9.17) is 0 Å². The summed E-state index contributed by atoms with van der Waals surface area (Å²) in [6.07, 6.45) is 0.647. The zero-order chi connectivity index (χ0) is 31.5. The van der Waals surface area contributed by atoms with E-state index in [1.165, 1.54) is 0 Å². The molecule has 8 nitrogen and oxygen atoms in total. The molecule has 230 valence electrons. The second-order valence-corrected chi connectivity index (χ2v) is 12.0. The first-order chi connectivity index (χ1) is 21.8. The van der Waals surface area contributed by atoms with Crippen LogP contribution < -0.4 is 15.1 Å². The number of carbonyl (C=O) groups is 3. The number of nitrogens with one attached hydrogen (secondary N) is 1. The molecule has 1 N–H and O–H groups in total. The fourth-order valence-electron chi connectivity index (χ4n) is 6.07. The number of urea groups is 1. The molecule has 1 fully saturated rings. The minimum Gasteiger partial charge on any atom is -0.322 e. The van der Waals surface area contributed by atoms with Gasteiger partial charge in [0.25, 0.3) is 11.8 Å². The van der Waals surface area contributed by atoms with Gasteiger partial charge in [-0.3, -0.25) is 14.5 Å². The molecule has 45 heavy (non-hydrogen) atoms. The number of para-hydroxylation sites is 2. The average Bonchev–Trinajstić information content (AvgIpc) is 3.21. The van der Waals surface area contributed by atoms with Gasteiger partial charge in [0.05, 0.1) is 11.4 Å². The number of carbonyl (C=O) groups excluding carboxylic acids is 3. The molecule has 2 heterocycles. The molecule has 6 rings (SSSR count). The highest BCUT2D eigenvalue weighted by Crippen LogP contribution is 2.36. The van der Waals surface area contributed by atoms with Gasteiger partial charge in [-0.1, -0.05) is 60.2 Å². The molecule has 0 spiro atoms. The van der Waals surface area contributed by atoms with E-state index in [0.29, 0.717) is 42.9 Å². The molecule has 0 aliphatic carbocycles. The molecule has 4 aromatic carbocycles. The van der Waals surface area contributed by atoms with Gasteiger partial charge in [-0.2, -0.15) is 0 Å². The Balaban J connectivity index is 1.20. The largest absolute Gasteiger partial charge is 0.324 e. The van der Waals surface area contributed by atoms with Crippen LogP contribution in [0.15, 0.2) is 97.1 Å². The third kappa shape index (κ3) is 6.33. The van der Waals surface area contributed by atoms with Crippen LogP contribution in [0.25, 0.3) is 11.1 Å². The highest BCUT2D eigenvalue weighted by Gasteiger charge is 2.35. The van der Waals surface area contributed by atoms with Crippen molar-refractivity contribution in [2.45, 2.75) is 26.3 Å². The monoisotopic (exact) mass is 601 g/mol. The van der Waals surface area contributed by atoms with E-state index in [2.05, 4.69) is 17.3 Å². The molecular formula is C37H39N5O3. The Labute approximate surface area is 264 Å². The van der Waals surface area contributed by atoms with E-state index in [9.17, 15) is 14.4 Å². The van der Waals surface area contributed by atoms with Gasteiger partial charge in [-0.15, -0.1) is 0 Å². The molecule has 0 radical (unpaired) electrons. The summed E-state index contributed by atoms with van der Waals surface area (Å²) >= 11 is 0. The van der Waals surface area contributed by atoms with Crippen molar-refractivity contribution in [3.05, 3.63) is 114 Å². The first kappa shape index (κ1) is 30.1. The van der Waals surface area contributed by atoms with Gasteiger partial charge in [0.15, 0.2) is 0 Å². The van der Waals surface area contributed by atoms with E-state index >= 15 is 0 Å². The van der Waals surface area contributed by atoms with Crippen LogP contribution in [0.5, 0.6) is 0 Å². The average molecular weight is 602 g/mol. The van der Waals surface area contributed by atoms with Crippen LogP contribution in [0.4, 0.5) is 21.9 Å². The topological polar surface area (TPSA) is 76.2 Å². The summed E-state index contributed by atoms with van der Waals surface area (Å²) in [6.45, 7) is 7.62. The number of benzene rings is 4. The summed E-state index contributed by atoms with van der Waals surface area (Å²) in [5.74, 6) is -0.364. The Bertz CT molecular complexity index is 1690. The molecule has 4 aromatic rings. The molecule has 2 aliphatic heterocycles. The predicted octanol–water partition coefficient (Wildman–Crippen LogP) is 6.53. The van der Waals surface area contributed by atoms with Crippen molar-refractivity contribution in [3.63, 3.8) is 0 Å². The summed E-state index contributed by atoms with van der Waals surface area (Å²) in [6, 6.07) is 30.2. The molecule has 1 unspecified atom stereocenters. The molecule has 8 heteroatoms. The van der Waals surface area contributed by atoms with E-state index in [-0.39, 0.29) is 23.9 Å². The highest BCUT2D eigenvalue weighted by molar-refractivity contribution is 6.11. The summed E-state index contributed by atoms with van der Waals surface area (Å²) in [7, 11) is 2.07. The van der Waals surface area contributed by atoms with Crippen LogP contribution >= 0.6 is 0 Å². The highest BCUT2D eigenvalue weighted by atomic mass is 16.2. The Kier molecular flexibility index (Phi) is 8.67. The quantitative estimate of drug-likeness (QED) is 0.289. The van der Waals surface area contributed by atoms with Gasteiger partial charge in [0, 0.05) is 55.6 Å². The number of fused-ring (bicyclic) bond motifs is 1. The van der Waals surface area contributed by atoms with Crippen molar-refractivity contribution in [2.24, 2.45) is 0 Å². The SMILES string of the molecule is Cc1ccc(-c2ccccc2C(=O)Nc2ccc(C(=O)N3CCC(C)N(C(=O)N4CCN(C)CC4)c4ccccc43)cc2)cc1. The summed E-state index contributed by atoms with van der Waals surface area (Å²) in [5.41, 5.74) is 6.14. The zero-order valence-electron chi connectivity index (χ0n) is 26.1. The van der Waals surface area contributed by atoms with Crippen molar-refractivity contribution < 1.29 is 14.4 Å². The van der Waals surface area contributed by atoms with Crippen molar-refractivity contribution >= 4 is 34.9 Å². The lowest BCUT2D eigenvalue weighted by Crippen LogP contribution is -2.54. The number of amides is 4. The van der Waals surface area contributed by atoms with Gasteiger partial charge >= 0.3 is 6.03 Å². The Morgan fingerprint density at radius 1 is 0.733 bits per heavy atom. The van der Waals surface area contributed by atoms with Gasteiger partial charge in [-0.25, -0.2) is 4.79 Å². The fraction of sp³-hybridized carbons (Fsp3) is 0.270. The van der Waals surface area contributed by atoms with Crippen molar-refractivity contribution in [3.8, 4) is 11.1 Å². The fourth-order valence-corrected chi connectivity index (χ4v) is 6.07. The lowest BCUT2D eigenvalue weighted by molar-refractivity contribution is 0.0985. The number of aryl methyl sites for hydroxylation is 1. The number of piperazine rings is 1. The molecule has 1 atom stereocenters. The van der Waals surface area contributed by atoms with Crippen LogP contribution in [-0.4, -0.2) is 73.5 Å². The maximum atomic E-state index is 13.9. The molecule has 1 saturated heterocycles. The van der Waals surface area contributed by atoms with E-state index in [1.807, 2.05) is 96.4 Å². The normalized spacial score (nSPS) is 17.0. The number of anilines is 3. The Hall–Kier alpha value is -4.95. The summed E-state index contributed by atoms with van der Waals surface area (Å²) in [5, 5.41) is 2.99. The predicted molar refractivity (Wildman–Crippen MR) is 180 cm³/mol. The molecule has 0 aromatic heterocycles. The van der Waals surface area contributed by atoms with E-state index in [0.717, 1.165) is 41.2 Å². The third-order valence-electron chi connectivity index (χ3n) is 8.79. The van der Waals surface area contributed by atoms with Gasteiger partial charge in [-0.05, 0) is 80.9 Å². The standard InChI is InChI=1S/C37H39N5O3/c1-26-12-14-28(15-13-26)31-8-4-5-9-32(31)35(43)38-30-18-16-29(17-19-30)36(44)41-21-20-27(2)42(34-11-7-6-10-33(34)41)37(45)40-24-22-39(3)23-25-40/h4-19,27H,20-25H2,1-3H3,(H,38,43). The van der Waals surface area contributed by atoms with Crippen molar-refractivity contribution in [1.82, 2.24) is 9.80 Å². The summed E-state index contributed by atoms with van der Waals surface area (Å²) in [4.78, 5) is 48.8. The number of nitrogens with zero attached hydrogens (tertiary/aromatic N) is 4. The first-order valence-corrected chi connectivity index (χ1v) is 15.5. The Morgan fingerprint density at radius 3 is 2.09 bits per heavy atom. The van der Waals surface area contributed by atoms with Crippen molar-refractivity contribution in [2.75, 3.05) is 54.9 Å². The first-order valence-electron chi connectivity index (χ1n) is 15.5. The number of rotatable bonds is 4. The molecule has 0 bridgehead atoms. The van der Waals surface area contributed by atoms with Gasteiger partial charge in [0.2, 0.25) is 0 Å². The minimum absolute atomic E-state index is 0.0126. The third-order valence-corrected chi connectivity index (χ3v) is 8.79. The number of likely N-dealkylation sites (N-methyl/N-ethyl adjacent to an activating group) is 1. The van der Waals surface area contributed by atoms with Gasteiger partial charge < -0.3 is 20.0 Å². The molecular weight excluding hydrogens is 562 g/mol. The smallest absolute Gasteiger partial charge is 0.322 e. The molecule has 4 amide bonds.